The lowest BCUT2D eigenvalue weighted by Crippen LogP contribution is -2.27. The van der Waals surface area contributed by atoms with E-state index in [4.69, 9.17) is 11.6 Å². The Balaban J connectivity index is 2.72. The van der Waals surface area contributed by atoms with Crippen LogP contribution in [0, 0.1) is 0 Å². The molecule has 1 aromatic rings. The number of hydrogen-bond acceptors (Lipinski definition) is 5. The number of hydrogen-bond donors (Lipinski definition) is 2. The van der Waals surface area contributed by atoms with Gasteiger partial charge in [0.2, 0.25) is 10.0 Å². The van der Waals surface area contributed by atoms with Gasteiger partial charge in [0, 0.05) is 13.6 Å². The van der Waals surface area contributed by atoms with Crippen molar-refractivity contribution < 1.29 is 8.42 Å². The monoisotopic (exact) mass is 280 g/mol. The van der Waals surface area contributed by atoms with Gasteiger partial charge in [0.1, 0.15) is 5.02 Å². The molecule has 1 heterocycles. The molecule has 96 valence electrons. The van der Waals surface area contributed by atoms with Crippen LogP contribution in [0.3, 0.4) is 0 Å². The standard InChI is InChI=1S/C8H13ClN4O3S/c1-10-17(15,16)4-3-11-6-5-12-13(2)8(14)7(6)9/h5,10-11H,3-4H2,1-2H3. The average molecular weight is 281 g/mol. The largest absolute Gasteiger partial charge is 0.381 e. The van der Waals surface area contributed by atoms with E-state index in [0.29, 0.717) is 5.69 Å². The molecule has 0 atom stereocenters. The summed E-state index contributed by atoms with van der Waals surface area (Å²) in [5.41, 5.74) is -0.116. The predicted molar refractivity (Wildman–Crippen MR) is 65.8 cm³/mol. The molecule has 1 aromatic heterocycles. The van der Waals surface area contributed by atoms with E-state index in [2.05, 4.69) is 15.1 Å². The summed E-state index contributed by atoms with van der Waals surface area (Å²) in [5.74, 6) is -0.116. The summed E-state index contributed by atoms with van der Waals surface area (Å²) in [6, 6.07) is 0. The molecule has 0 saturated carbocycles. The van der Waals surface area contributed by atoms with E-state index in [1.807, 2.05) is 0 Å². The van der Waals surface area contributed by atoms with Gasteiger partial charge in [0.05, 0.1) is 17.6 Å². The average Bonchev–Trinajstić information content (AvgIpc) is 2.29. The van der Waals surface area contributed by atoms with Crippen LogP contribution in [0.25, 0.3) is 0 Å². The van der Waals surface area contributed by atoms with Gasteiger partial charge < -0.3 is 5.32 Å². The summed E-state index contributed by atoms with van der Waals surface area (Å²) in [6.45, 7) is 0.137. The Hall–Kier alpha value is -1.12. The zero-order valence-electron chi connectivity index (χ0n) is 9.40. The normalized spacial score (nSPS) is 11.5. The van der Waals surface area contributed by atoms with Gasteiger partial charge in [0.15, 0.2) is 0 Å². The smallest absolute Gasteiger partial charge is 0.287 e. The predicted octanol–water partition coefficient (Wildman–Crippen LogP) is -0.605. The highest BCUT2D eigenvalue weighted by atomic mass is 35.5. The molecular weight excluding hydrogens is 268 g/mol. The van der Waals surface area contributed by atoms with Crippen LogP contribution in [0.15, 0.2) is 11.0 Å². The van der Waals surface area contributed by atoms with Gasteiger partial charge >= 0.3 is 0 Å². The molecule has 0 unspecified atom stereocenters. The molecule has 0 aliphatic heterocycles. The summed E-state index contributed by atoms with van der Waals surface area (Å²) < 4.78 is 25.5. The van der Waals surface area contributed by atoms with Crippen LogP contribution in [0.5, 0.6) is 0 Å². The van der Waals surface area contributed by atoms with Crippen LogP contribution in [0.1, 0.15) is 0 Å². The topological polar surface area (TPSA) is 93.1 Å². The Kier molecular flexibility index (Phi) is 4.49. The summed E-state index contributed by atoms with van der Waals surface area (Å²) in [4.78, 5) is 11.4. The molecular formula is C8H13ClN4O3S. The minimum Gasteiger partial charge on any atom is -0.381 e. The van der Waals surface area contributed by atoms with Crippen molar-refractivity contribution in [2.24, 2.45) is 7.05 Å². The third-order valence-electron chi connectivity index (χ3n) is 2.08. The number of nitrogens with one attached hydrogen (secondary N) is 2. The Bertz CT molecular complexity index is 554. The number of sulfonamides is 1. The first-order chi connectivity index (χ1) is 7.87. The first-order valence-electron chi connectivity index (χ1n) is 4.74. The fraction of sp³-hybridized carbons (Fsp3) is 0.500. The van der Waals surface area contributed by atoms with E-state index in [1.165, 1.54) is 20.3 Å². The summed E-state index contributed by atoms with van der Waals surface area (Å²) >= 11 is 5.78. The molecule has 1 rings (SSSR count). The Labute approximate surface area is 104 Å². The van der Waals surface area contributed by atoms with Crippen LogP contribution in [0.4, 0.5) is 5.69 Å². The molecule has 0 aliphatic rings. The van der Waals surface area contributed by atoms with E-state index >= 15 is 0 Å². The van der Waals surface area contributed by atoms with Crippen LogP contribution < -0.4 is 15.6 Å². The van der Waals surface area contributed by atoms with E-state index < -0.39 is 15.6 Å². The Morgan fingerprint density at radius 2 is 2.18 bits per heavy atom. The molecule has 7 nitrogen and oxygen atoms in total. The Morgan fingerprint density at radius 3 is 2.76 bits per heavy atom. The lowest BCUT2D eigenvalue weighted by atomic mass is 10.4. The number of aromatic nitrogens is 2. The van der Waals surface area contributed by atoms with Gasteiger partial charge in [-0.05, 0) is 7.05 Å². The van der Waals surface area contributed by atoms with Crippen molar-refractivity contribution >= 4 is 27.3 Å². The molecule has 0 radical (unpaired) electrons. The minimum absolute atomic E-state index is 0.00986. The van der Waals surface area contributed by atoms with Crippen LogP contribution >= 0.6 is 11.6 Å². The van der Waals surface area contributed by atoms with E-state index in [9.17, 15) is 13.2 Å². The van der Waals surface area contributed by atoms with Gasteiger partial charge in [0.25, 0.3) is 5.56 Å². The van der Waals surface area contributed by atoms with Gasteiger partial charge in [-0.3, -0.25) is 4.79 Å². The van der Waals surface area contributed by atoms with Crippen molar-refractivity contribution in [2.45, 2.75) is 0 Å². The first kappa shape index (κ1) is 13.9. The fourth-order valence-electron chi connectivity index (χ4n) is 1.06. The third kappa shape index (κ3) is 3.69. The summed E-state index contributed by atoms with van der Waals surface area (Å²) in [6.07, 6.45) is 1.37. The van der Waals surface area contributed by atoms with E-state index in [1.54, 1.807) is 0 Å². The van der Waals surface area contributed by atoms with Crippen LogP contribution in [-0.4, -0.2) is 37.5 Å². The zero-order chi connectivity index (χ0) is 13.1. The van der Waals surface area contributed by atoms with Crippen molar-refractivity contribution in [3.05, 3.63) is 21.6 Å². The molecule has 0 saturated heterocycles. The van der Waals surface area contributed by atoms with Gasteiger partial charge in [-0.1, -0.05) is 11.6 Å². The highest BCUT2D eigenvalue weighted by Gasteiger charge is 2.09. The van der Waals surface area contributed by atoms with Gasteiger partial charge in [-0.15, -0.1) is 0 Å². The third-order valence-corrected chi connectivity index (χ3v) is 3.80. The van der Waals surface area contributed by atoms with E-state index in [-0.39, 0.29) is 17.3 Å². The van der Waals surface area contributed by atoms with Gasteiger partial charge in [-0.25, -0.2) is 17.8 Å². The van der Waals surface area contributed by atoms with Crippen LogP contribution in [0.2, 0.25) is 5.02 Å². The van der Waals surface area contributed by atoms with Gasteiger partial charge in [-0.2, -0.15) is 5.10 Å². The molecule has 0 spiro atoms. The molecule has 0 fully saturated rings. The summed E-state index contributed by atoms with van der Waals surface area (Å²) in [5, 5.41) is 6.50. The van der Waals surface area contributed by atoms with Crippen molar-refractivity contribution in [1.82, 2.24) is 14.5 Å². The molecule has 9 heteroatoms. The molecule has 0 aromatic carbocycles. The number of aryl methyl sites for hydroxylation is 1. The number of rotatable bonds is 5. The van der Waals surface area contributed by atoms with E-state index in [0.717, 1.165) is 4.68 Å². The highest BCUT2D eigenvalue weighted by molar-refractivity contribution is 7.89. The second-order valence-corrected chi connectivity index (χ2v) is 5.67. The maximum absolute atomic E-state index is 11.4. The molecule has 0 aliphatic carbocycles. The Morgan fingerprint density at radius 1 is 1.53 bits per heavy atom. The van der Waals surface area contributed by atoms with Crippen LogP contribution in [-0.2, 0) is 17.1 Å². The number of anilines is 1. The second kappa shape index (κ2) is 5.48. The lowest BCUT2D eigenvalue weighted by Gasteiger charge is -2.08. The molecule has 0 amide bonds. The summed E-state index contributed by atoms with van der Waals surface area (Å²) in [7, 11) is -0.469. The van der Waals surface area contributed by atoms with Crippen molar-refractivity contribution in [3.63, 3.8) is 0 Å². The quantitative estimate of drug-likeness (QED) is 0.751. The maximum Gasteiger partial charge on any atom is 0.287 e. The maximum atomic E-state index is 11.4. The highest BCUT2D eigenvalue weighted by Crippen LogP contribution is 2.14. The zero-order valence-corrected chi connectivity index (χ0v) is 11.0. The minimum atomic E-state index is -3.28. The van der Waals surface area contributed by atoms with Crippen molar-refractivity contribution in [1.29, 1.82) is 0 Å². The fourth-order valence-corrected chi connectivity index (χ4v) is 1.87. The molecule has 17 heavy (non-hydrogen) atoms. The van der Waals surface area contributed by atoms with Crippen molar-refractivity contribution in [3.8, 4) is 0 Å². The second-order valence-electron chi connectivity index (χ2n) is 3.25. The number of nitrogens with zero attached hydrogens (tertiary/aromatic N) is 2. The number of halogens is 1. The van der Waals surface area contributed by atoms with Crippen molar-refractivity contribution in [2.75, 3.05) is 24.7 Å². The molecule has 2 N–H and O–H groups in total. The molecule has 0 bridgehead atoms. The lowest BCUT2D eigenvalue weighted by molar-refractivity contribution is 0.588. The SMILES string of the molecule is CNS(=O)(=O)CCNc1cnn(C)c(=O)c1Cl. The first-order valence-corrected chi connectivity index (χ1v) is 6.77.